The van der Waals surface area contributed by atoms with Crippen molar-refractivity contribution in [1.82, 2.24) is 4.90 Å². The number of hydrogen-bond donors (Lipinski definition) is 1. The molecule has 0 radical (unpaired) electrons. The summed E-state index contributed by atoms with van der Waals surface area (Å²) in [5, 5.41) is 10.7. The molecule has 3 rings (SSSR count). The Hall–Kier alpha value is -1.89. The second kappa shape index (κ2) is 9.07. The first-order valence-electron chi connectivity index (χ1n) is 9.79. The van der Waals surface area contributed by atoms with Crippen molar-refractivity contribution < 1.29 is 18.3 Å². The van der Waals surface area contributed by atoms with E-state index in [1.54, 1.807) is 12.1 Å². The molecule has 1 heterocycles. The summed E-state index contributed by atoms with van der Waals surface area (Å²) in [4.78, 5) is 2.71. The smallest absolute Gasteiger partial charge is 0.175 e. The fourth-order valence-electron chi connectivity index (χ4n) is 3.73. The topological polar surface area (TPSA) is 66.8 Å². The van der Waals surface area contributed by atoms with Crippen molar-refractivity contribution in [3.63, 3.8) is 0 Å². The standard InChI is InChI=1S/C22H29NO4S/c1-3-27-20-8-6-18(7-9-20)22(24)19-12-14-23(15-13-19)16-17-4-10-21(11-5-17)28(2,25)26/h4-11,19,22,24H,3,12-16H2,1-2H3. The van der Waals surface area contributed by atoms with Gasteiger partial charge in [0.05, 0.1) is 17.6 Å². The average Bonchev–Trinajstić information content (AvgIpc) is 2.69. The molecule has 5 nitrogen and oxygen atoms in total. The molecule has 152 valence electrons. The summed E-state index contributed by atoms with van der Waals surface area (Å²) in [5.74, 6) is 1.08. The van der Waals surface area contributed by atoms with Crippen LogP contribution in [-0.4, -0.2) is 44.4 Å². The van der Waals surface area contributed by atoms with Gasteiger partial charge in [-0.15, -0.1) is 0 Å². The van der Waals surface area contributed by atoms with E-state index in [0.29, 0.717) is 11.5 Å². The molecule has 0 aliphatic carbocycles. The van der Waals surface area contributed by atoms with Crippen LogP contribution in [0.4, 0.5) is 0 Å². The number of hydrogen-bond acceptors (Lipinski definition) is 5. The van der Waals surface area contributed by atoms with E-state index in [1.807, 2.05) is 43.3 Å². The van der Waals surface area contributed by atoms with Crippen LogP contribution in [0.3, 0.4) is 0 Å². The summed E-state index contributed by atoms with van der Waals surface area (Å²) < 4.78 is 28.6. The van der Waals surface area contributed by atoms with Crippen LogP contribution in [0.25, 0.3) is 0 Å². The zero-order chi connectivity index (χ0) is 20.1. The second-order valence-corrected chi connectivity index (χ2v) is 9.49. The Kier molecular flexibility index (Phi) is 6.75. The Morgan fingerprint density at radius 2 is 1.68 bits per heavy atom. The fraction of sp³-hybridized carbons (Fsp3) is 0.455. The third-order valence-corrected chi connectivity index (χ3v) is 6.50. The van der Waals surface area contributed by atoms with E-state index in [4.69, 9.17) is 4.74 Å². The van der Waals surface area contributed by atoms with E-state index in [2.05, 4.69) is 4.90 Å². The van der Waals surface area contributed by atoms with E-state index in [-0.39, 0.29) is 5.92 Å². The van der Waals surface area contributed by atoms with Crippen molar-refractivity contribution in [3.8, 4) is 5.75 Å². The molecule has 1 aliphatic heterocycles. The maximum atomic E-state index is 11.6. The van der Waals surface area contributed by atoms with Crippen LogP contribution in [-0.2, 0) is 16.4 Å². The summed E-state index contributed by atoms with van der Waals surface area (Å²) in [5.41, 5.74) is 2.05. The number of aliphatic hydroxyl groups is 1. The zero-order valence-electron chi connectivity index (χ0n) is 16.5. The lowest BCUT2D eigenvalue weighted by molar-refractivity contribution is 0.0567. The minimum absolute atomic E-state index is 0.252. The molecule has 28 heavy (non-hydrogen) atoms. The van der Waals surface area contributed by atoms with Crippen molar-refractivity contribution in [2.75, 3.05) is 26.0 Å². The minimum Gasteiger partial charge on any atom is -0.494 e. The minimum atomic E-state index is -3.15. The van der Waals surface area contributed by atoms with Crippen LogP contribution in [0.1, 0.15) is 37.0 Å². The van der Waals surface area contributed by atoms with Gasteiger partial charge in [-0.1, -0.05) is 24.3 Å². The molecule has 0 amide bonds. The number of piperidine rings is 1. The molecule has 6 heteroatoms. The van der Waals surface area contributed by atoms with Gasteiger partial charge in [0.15, 0.2) is 9.84 Å². The van der Waals surface area contributed by atoms with Gasteiger partial charge in [-0.05, 0) is 74.2 Å². The van der Waals surface area contributed by atoms with Crippen LogP contribution in [0, 0.1) is 5.92 Å². The molecule has 1 atom stereocenters. The third-order valence-electron chi connectivity index (χ3n) is 5.37. The predicted octanol–water partition coefficient (Wildman–Crippen LogP) is 3.43. The molecule has 1 unspecified atom stereocenters. The number of ether oxygens (including phenoxy) is 1. The van der Waals surface area contributed by atoms with Gasteiger partial charge in [-0.25, -0.2) is 8.42 Å². The Morgan fingerprint density at radius 1 is 1.07 bits per heavy atom. The Bertz CT molecular complexity index is 854. The molecule has 0 saturated carbocycles. The highest BCUT2D eigenvalue weighted by atomic mass is 32.2. The van der Waals surface area contributed by atoms with E-state index in [1.165, 1.54) is 6.26 Å². The molecule has 0 spiro atoms. The molecular formula is C22H29NO4S. The lowest BCUT2D eigenvalue weighted by atomic mass is 9.87. The Balaban J connectivity index is 1.52. The molecule has 0 aromatic heterocycles. The molecule has 1 fully saturated rings. The number of likely N-dealkylation sites (tertiary alicyclic amines) is 1. The van der Waals surface area contributed by atoms with Gasteiger partial charge >= 0.3 is 0 Å². The van der Waals surface area contributed by atoms with E-state index in [0.717, 1.165) is 49.4 Å². The summed E-state index contributed by atoms with van der Waals surface area (Å²) in [6.07, 6.45) is 2.65. The molecule has 2 aromatic rings. The quantitative estimate of drug-likeness (QED) is 0.767. The van der Waals surface area contributed by atoms with Crippen molar-refractivity contribution in [2.45, 2.75) is 37.3 Å². The zero-order valence-corrected chi connectivity index (χ0v) is 17.4. The highest BCUT2D eigenvalue weighted by Crippen LogP contribution is 2.32. The first-order chi connectivity index (χ1) is 13.4. The van der Waals surface area contributed by atoms with Crippen molar-refractivity contribution in [1.29, 1.82) is 0 Å². The Morgan fingerprint density at radius 3 is 2.21 bits per heavy atom. The third kappa shape index (κ3) is 5.34. The normalized spacial score (nSPS) is 17.4. The summed E-state index contributed by atoms with van der Waals surface area (Å²) in [6, 6.07) is 14.8. The van der Waals surface area contributed by atoms with Crippen LogP contribution in [0.2, 0.25) is 0 Å². The first-order valence-corrected chi connectivity index (χ1v) is 11.7. The largest absolute Gasteiger partial charge is 0.494 e. The van der Waals surface area contributed by atoms with Gasteiger partial charge in [-0.2, -0.15) is 0 Å². The highest BCUT2D eigenvalue weighted by molar-refractivity contribution is 7.90. The molecular weight excluding hydrogens is 374 g/mol. The fourth-order valence-corrected chi connectivity index (χ4v) is 4.36. The predicted molar refractivity (Wildman–Crippen MR) is 110 cm³/mol. The Labute approximate surface area is 167 Å². The van der Waals surface area contributed by atoms with E-state index < -0.39 is 15.9 Å². The van der Waals surface area contributed by atoms with Gasteiger partial charge in [0, 0.05) is 12.8 Å². The van der Waals surface area contributed by atoms with Crippen molar-refractivity contribution in [3.05, 3.63) is 59.7 Å². The van der Waals surface area contributed by atoms with Crippen LogP contribution < -0.4 is 4.74 Å². The van der Waals surface area contributed by atoms with E-state index >= 15 is 0 Å². The maximum Gasteiger partial charge on any atom is 0.175 e. The van der Waals surface area contributed by atoms with Crippen LogP contribution >= 0.6 is 0 Å². The van der Waals surface area contributed by atoms with Crippen molar-refractivity contribution in [2.24, 2.45) is 5.92 Å². The molecule has 1 aliphatic rings. The van der Waals surface area contributed by atoms with Gasteiger partial charge in [0.2, 0.25) is 0 Å². The first kappa shape index (κ1) is 20.8. The van der Waals surface area contributed by atoms with Crippen molar-refractivity contribution >= 4 is 9.84 Å². The lowest BCUT2D eigenvalue weighted by Gasteiger charge is -2.34. The van der Waals surface area contributed by atoms with E-state index in [9.17, 15) is 13.5 Å². The van der Waals surface area contributed by atoms with Gasteiger partial charge < -0.3 is 9.84 Å². The highest BCUT2D eigenvalue weighted by Gasteiger charge is 2.26. The number of benzene rings is 2. The maximum absolute atomic E-state index is 11.6. The lowest BCUT2D eigenvalue weighted by Crippen LogP contribution is -2.35. The van der Waals surface area contributed by atoms with Gasteiger partial charge in [0.1, 0.15) is 5.75 Å². The van der Waals surface area contributed by atoms with Crippen LogP contribution in [0.15, 0.2) is 53.4 Å². The SMILES string of the molecule is CCOc1ccc(C(O)C2CCN(Cc3ccc(S(C)(=O)=O)cc3)CC2)cc1. The summed E-state index contributed by atoms with van der Waals surface area (Å²) in [6.45, 7) is 5.24. The molecule has 1 N–H and O–H groups in total. The van der Waals surface area contributed by atoms with Gasteiger partial charge in [0.25, 0.3) is 0 Å². The number of rotatable bonds is 7. The summed E-state index contributed by atoms with van der Waals surface area (Å²) in [7, 11) is -3.15. The molecule has 0 bridgehead atoms. The molecule has 1 saturated heterocycles. The monoisotopic (exact) mass is 403 g/mol. The number of nitrogens with zero attached hydrogens (tertiary/aromatic N) is 1. The van der Waals surface area contributed by atoms with Gasteiger partial charge in [-0.3, -0.25) is 4.90 Å². The second-order valence-electron chi connectivity index (χ2n) is 7.48. The molecule has 2 aromatic carbocycles. The summed E-state index contributed by atoms with van der Waals surface area (Å²) >= 11 is 0. The average molecular weight is 404 g/mol. The number of sulfone groups is 1. The number of aliphatic hydroxyl groups excluding tert-OH is 1. The van der Waals surface area contributed by atoms with Crippen LogP contribution in [0.5, 0.6) is 5.75 Å².